The number of pyridine rings is 2. The lowest BCUT2D eigenvalue weighted by atomic mass is 10.0. The average molecular weight is 514 g/mol. The smallest absolute Gasteiger partial charge is 0.155 e. The minimum atomic E-state index is 0.421. The van der Waals surface area contributed by atoms with Crippen LogP contribution in [0.2, 0.25) is 0 Å². The Hall–Kier alpha value is -4.77. The van der Waals surface area contributed by atoms with Crippen LogP contribution < -0.4 is 9.90 Å². The molecule has 3 aromatic carbocycles. The van der Waals surface area contributed by atoms with Gasteiger partial charge in [-0.15, -0.1) is 0 Å². The second kappa shape index (κ2) is 11.3. The van der Waals surface area contributed by atoms with Crippen LogP contribution in [0.15, 0.2) is 104 Å². The number of nitriles is 1. The zero-order valence-corrected chi connectivity index (χ0v) is 21.4. The molecule has 192 valence electrons. The summed E-state index contributed by atoms with van der Waals surface area (Å²) in [5.74, 6) is 0.662. The molecule has 0 saturated carbocycles. The fourth-order valence-electron chi connectivity index (χ4n) is 4.79. The van der Waals surface area contributed by atoms with Gasteiger partial charge in [0.2, 0.25) is 0 Å². The monoisotopic (exact) mass is 513 g/mol. The molecule has 1 saturated heterocycles. The molecular formula is C32H27N5O2. The number of morpholine rings is 1. The molecule has 3 heterocycles. The van der Waals surface area contributed by atoms with Crippen molar-refractivity contribution >= 4 is 22.3 Å². The number of aromatic nitrogens is 2. The molecule has 0 aliphatic carbocycles. The number of anilines is 2. The summed E-state index contributed by atoms with van der Waals surface area (Å²) in [7, 11) is 0. The summed E-state index contributed by atoms with van der Waals surface area (Å²) >= 11 is 0. The van der Waals surface area contributed by atoms with E-state index in [0.717, 1.165) is 66.1 Å². The predicted molar refractivity (Wildman–Crippen MR) is 151 cm³/mol. The van der Waals surface area contributed by atoms with Crippen molar-refractivity contribution in [3.05, 3.63) is 115 Å². The first-order valence-electron chi connectivity index (χ1n) is 12.9. The summed E-state index contributed by atoms with van der Waals surface area (Å²) in [6.07, 6.45) is 5.41. The van der Waals surface area contributed by atoms with E-state index in [-0.39, 0.29) is 0 Å². The maximum absolute atomic E-state index is 10.0. The van der Waals surface area contributed by atoms with Crippen LogP contribution in [0, 0.1) is 11.3 Å². The minimum absolute atomic E-state index is 0.421. The van der Waals surface area contributed by atoms with E-state index in [4.69, 9.17) is 9.57 Å². The van der Waals surface area contributed by atoms with E-state index in [0.29, 0.717) is 17.0 Å². The second-order valence-corrected chi connectivity index (χ2v) is 9.37. The van der Waals surface area contributed by atoms with Crippen molar-refractivity contribution in [2.24, 2.45) is 0 Å². The van der Waals surface area contributed by atoms with Gasteiger partial charge in [0.15, 0.2) is 5.75 Å². The molecule has 1 aliphatic rings. The molecular weight excluding hydrogens is 486 g/mol. The van der Waals surface area contributed by atoms with Crippen LogP contribution in [-0.4, -0.2) is 41.2 Å². The number of benzene rings is 3. The standard InChI is InChI=1S/C32H27N5O2/c33-19-27-22-35-31-18-25(26-17-24(20-34-21-26)23-36-13-15-38-16-14-36)11-12-30(31)32(27)37(28-7-3-1-4-8-28)39-29-9-5-2-6-10-29/h1-12,17-18,20-22H,13-16,23H2. The zero-order valence-electron chi connectivity index (χ0n) is 21.4. The maximum atomic E-state index is 10.0. The lowest BCUT2D eigenvalue weighted by molar-refractivity contribution is 0.0341. The molecule has 7 nitrogen and oxygen atoms in total. The quantitative estimate of drug-likeness (QED) is 0.242. The van der Waals surface area contributed by atoms with Gasteiger partial charge in [0.25, 0.3) is 0 Å². The van der Waals surface area contributed by atoms with Crippen molar-refractivity contribution in [3.8, 4) is 22.9 Å². The van der Waals surface area contributed by atoms with Crippen molar-refractivity contribution in [1.82, 2.24) is 14.9 Å². The van der Waals surface area contributed by atoms with Crippen molar-refractivity contribution in [2.45, 2.75) is 6.54 Å². The van der Waals surface area contributed by atoms with Crippen molar-refractivity contribution in [3.63, 3.8) is 0 Å². The molecule has 6 rings (SSSR count). The molecule has 0 atom stereocenters. The predicted octanol–water partition coefficient (Wildman–Crippen LogP) is 6.13. The largest absolute Gasteiger partial charge is 0.379 e. The SMILES string of the molecule is N#Cc1cnc2cc(-c3cncc(CN4CCOCC4)c3)ccc2c1N(Oc1ccccc1)c1ccccc1. The molecule has 0 N–H and O–H groups in total. The van der Waals surface area contributed by atoms with Crippen molar-refractivity contribution in [2.75, 3.05) is 31.4 Å². The van der Waals surface area contributed by atoms with Crippen LogP contribution in [0.1, 0.15) is 11.1 Å². The highest BCUT2D eigenvalue weighted by molar-refractivity contribution is 5.98. The average Bonchev–Trinajstić information content (AvgIpc) is 3.01. The number of ether oxygens (including phenoxy) is 1. The first-order chi connectivity index (χ1) is 19.3. The van der Waals surface area contributed by atoms with Gasteiger partial charge in [-0.2, -0.15) is 10.3 Å². The summed E-state index contributed by atoms with van der Waals surface area (Å²) in [6, 6.07) is 29.9. The Morgan fingerprint density at radius 3 is 2.41 bits per heavy atom. The van der Waals surface area contributed by atoms with E-state index in [1.165, 1.54) is 0 Å². The van der Waals surface area contributed by atoms with Gasteiger partial charge in [0, 0.05) is 49.2 Å². The summed E-state index contributed by atoms with van der Waals surface area (Å²) in [4.78, 5) is 17.9. The maximum Gasteiger partial charge on any atom is 0.155 e. The van der Waals surface area contributed by atoms with Crippen LogP contribution in [-0.2, 0) is 11.3 Å². The Morgan fingerprint density at radius 1 is 0.872 bits per heavy atom. The molecule has 0 spiro atoms. The molecule has 39 heavy (non-hydrogen) atoms. The fourth-order valence-corrected chi connectivity index (χ4v) is 4.79. The highest BCUT2D eigenvalue weighted by atomic mass is 16.7. The minimum Gasteiger partial charge on any atom is -0.379 e. The molecule has 0 radical (unpaired) electrons. The van der Waals surface area contributed by atoms with Crippen LogP contribution in [0.25, 0.3) is 22.0 Å². The number of hydrogen-bond donors (Lipinski definition) is 0. The van der Waals surface area contributed by atoms with Gasteiger partial charge in [-0.25, -0.2) is 0 Å². The molecule has 1 fully saturated rings. The fraction of sp³-hybridized carbons (Fsp3) is 0.156. The highest BCUT2D eigenvalue weighted by Gasteiger charge is 2.21. The van der Waals surface area contributed by atoms with Gasteiger partial charge in [0.05, 0.1) is 30.0 Å². The Morgan fingerprint density at radius 2 is 1.64 bits per heavy atom. The van der Waals surface area contributed by atoms with Gasteiger partial charge in [-0.05, 0) is 53.6 Å². The van der Waals surface area contributed by atoms with Gasteiger partial charge >= 0.3 is 0 Å². The molecule has 7 heteroatoms. The Labute approximate surface area is 227 Å². The van der Waals surface area contributed by atoms with Crippen LogP contribution in [0.5, 0.6) is 5.75 Å². The first kappa shape index (κ1) is 24.6. The van der Waals surface area contributed by atoms with Crippen LogP contribution >= 0.6 is 0 Å². The number of fused-ring (bicyclic) bond motifs is 1. The van der Waals surface area contributed by atoms with Gasteiger partial charge < -0.3 is 9.57 Å². The number of para-hydroxylation sites is 2. The summed E-state index contributed by atoms with van der Waals surface area (Å²) in [5.41, 5.74) is 5.82. The van der Waals surface area contributed by atoms with E-state index in [2.05, 4.69) is 33.1 Å². The second-order valence-electron chi connectivity index (χ2n) is 9.37. The Kier molecular flexibility index (Phi) is 7.13. The third kappa shape index (κ3) is 5.43. The van der Waals surface area contributed by atoms with Crippen molar-refractivity contribution in [1.29, 1.82) is 5.26 Å². The Bertz CT molecular complexity index is 1610. The molecule has 1 aliphatic heterocycles. The number of nitrogens with zero attached hydrogens (tertiary/aromatic N) is 5. The Balaban J connectivity index is 1.40. The third-order valence-corrected chi connectivity index (χ3v) is 6.73. The highest BCUT2D eigenvalue weighted by Crippen LogP contribution is 2.37. The molecule has 0 bridgehead atoms. The first-order valence-corrected chi connectivity index (χ1v) is 12.9. The molecule has 5 aromatic rings. The van der Waals surface area contributed by atoms with Gasteiger partial charge in [-0.3, -0.25) is 14.9 Å². The summed E-state index contributed by atoms with van der Waals surface area (Å²) in [6.45, 7) is 4.23. The molecule has 0 unspecified atom stereocenters. The van der Waals surface area contributed by atoms with Crippen LogP contribution in [0.3, 0.4) is 0 Å². The lowest BCUT2D eigenvalue weighted by Gasteiger charge is -2.26. The van der Waals surface area contributed by atoms with E-state index < -0.39 is 0 Å². The van der Waals surface area contributed by atoms with E-state index in [9.17, 15) is 5.26 Å². The molecule has 0 amide bonds. The van der Waals surface area contributed by atoms with E-state index in [1.807, 2.05) is 85.2 Å². The zero-order chi connectivity index (χ0) is 26.4. The van der Waals surface area contributed by atoms with Gasteiger partial charge in [-0.1, -0.05) is 42.5 Å². The lowest BCUT2D eigenvalue weighted by Crippen LogP contribution is -2.35. The normalized spacial score (nSPS) is 13.6. The van der Waals surface area contributed by atoms with Crippen molar-refractivity contribution < 1.29 is 9.57 Å². The van der Waals surface area contributed by atoms with E-state index in [1.54, 1.807) is 11.3 Å². The summed E-state index contributed by atoms with van der Waals surface area (Å²) < 4.78 is 5.48. The van der Waals surface area contributed by atoms with Crippen LogP contribution in [0.4, 0.5) is 11.4 Å². The van der Waals surface area contributed by atoms with Gasteiger partial charge in [0.1, 0.15) is 11.8 Å². The number of hydrogen-bond acceptors (Lipinski definition) is 7. The topological polar surface area (TPSA) is 74.5 Å². The summed E-state index contributed by atoms with van der Waals surface area (Å²) in [5, 5.41) is 12.6. The third-order valence-electron chi connectivity index (χ3n) is 6.73. The molecule has 2 aromatic heterocycles. The van der Waals surface area contributed by atoms with E-state index >= 15 is 0 Å². The number of rotatable bonds is 7.